The minimum absolute atomic E-state index is 0.00541. The van der Waals surface area contributed by atoms with Crippen molar-refractivity contribution < 1.29 is 22.7 Å². The van der Waals surface area contributed by atoms with E-state index in [4.69, 9.17) is 4.74 Å². The van der Waals surface area contributed by atoms with Crippen LogP contribution in [0.4, 0.5) is 18.9 Å². The van der Waals surface area contributed by atoms with Gasteiger partial charge in [-0.2, -0.15) is 13.2 Å². The number of hydrogen-bond acceptors (Lipinski definition) is 7. The van der Waals surface area contributed by atoms with Crippen LogP contribution in [0.3, 0.4) is 0 Å². The number of hydrogen-bond donors (Lipinski definition) is 2. The van der Waals surface area contributed by atoms with Crippen LogP contribution in [0, 0.1) is 0 Å². The predicted molar refractivity (Wildman–Crippen MR) is 165 cm³/mol. The summed E-state index contributed by atoms with van der Waals surface area (Å²) in [5, 5.41) is 6.93. The maximum absolute atomic E-state index is 13.3. The van der Waals surface area contributed by atoms with Crippen LogP contribution >= 0.6 is 0 Å². The fraction of sp³-hybridized carbons (Fsp3) is 0.424. The first-order valence-electron chi connectivity index (χ1n) is 15.2. The summed E-state index contributed by atoms with van der Waals surface area (Å²) in [6.45, 7) is 8.79. The lowest BCUT2D eigenvalue weighted by atomic mass is 10.0. The third kappa shape index (κ3) is 7.11. The number of alkyl halides is 3. The molecule has 1 atom stereocenters. The molecule has 0 radical (unpaired) electrons. The summed E-state index contributed by atoms with van der Waals surface area (Å²) in [6, 6.07) is 11.2. The number of amides is 1. The third-order valence-corrected chi connectivity index (χ3v) is 8.81. The van der Waals surface area contributed by atoms with E-state index >= 15 is 0 Å². The van der Waals surface area contributed by atoms with Crippen molar-refractivity contribution in [2.24, 2.45) is 0 Å². The van der Waals surface area contributed by atoms with Crippen molar-refractivity contribution in [2.45, 2.75) is 18.9 Å². The van der Waals surface area contributed by atoms with Crippen LogP contribution in [0.2, 0.25) is 0 Å². The van der Waals surface area contributed by atoms with Crippen LogP contribution in [0.5, 0.6) is 0 Å². The Morgan fingerprint density at radius 2 is 1.61 bits per heavy atom. The molecule has 4 aliphatic rings. The first kappa shape index (κ1) is 30.2. The van der Waals surface area contributed by atoms with Gasteiger partial charge in [0.1, 0.15) is 0 Å². The van der Waals surface area contributed by atoms with E-state index in [0.717, 1.165) is 74.1 Å². The van der Waals surface area contributed by atoms with E-state index in [2.05, 4.69) is 43.6 Å². The van der Waals surface area contributed by atoms with Crippen molar-refractivity contribution in [3.63, 3.8) is 0 Å². The zero-order valence-corrected chi connectivity index (χ0v) is 24.9. The zero-order chi connectivity index (χ0) is 30.7. The second-order valence-electron chi connectivity index (χ2n) is 11.7. The maximum atomic E-state index is 13.3. The molecule has 44 heavy (non-hydrogen) atoms. The van der Waals surface area contributed by atoms with E-state index in [0.29, 0.717) is 38.3 Å². The van der Waals surface area contributed by atoms with Gasteiger partial charge in [0, 0.05) is 83.2 Å². The van der Waals surface area contributed by atoms with Crippen molar-refractivity contribution in [3.8, 4) is 0 Å². The topological polar surface area (TPSA) is 63.3 Å². The quantitative estimate of drug-likeness (QED) is 0.492. The summed E-state index contributed by atoms with van der Waals surface area (Å²) in [7, 11) is 1.67. The van der Waals surface area contributed by atoms with Crippen LogP contribution in [0.1, 0.15) is 27.0 Å². The highest BCUT2D eigenvalue weighted by atomic mass is 19.4. The summed E-state index contributed by atoms with van der Waals surface area (Å²) < 4.78 is 43.8. The number of ether oxygens (including phenoxy) is 1. The van der Waals surface area contributed by atoms with Gasteiger partial charge in [-0.1, -0.05) is 24.3 Å². The normalized spacial score (nSPS) is 21.5. The Labute approximate surface area is 256 Å². The van der Waals surface area contributed by atoms with Crippen molar-refractivity contribution in [1.29, 1.82) is 0 Å². The molecule has 1 unspecified atom stereocenters. The Bertz CT molecular complexity index is 1420. The number of rotatable bonds is 7. The van der Waals surface area contributed by atoms with Crippen LogP contribution in [-0.4, -0.2) is 104 Å². The second kappa shape index (κ2) is 13.1. The molecule has 2 aromatic carbocycles. The van der Waals surface area contributed by atoms with E-state index in [9.17, 15) is 18.0 Å². The molecule has 0 aliphatic carbocycles. The largest absolute Gasteiger partial charge is 0.483 e. The summed E-state index contributed by atoms with van der Waals surface area (Å²) in [4.78, 5) is 22.3. The van der Waals surface area contributed by atoms with Gasteiger partial charge in [-0.05, 0) is 59.2 Å². The molecular weight excluding hydrogens is 569 g/mol. The van der Waals surface area contributed by atoms with Gasteiger partial charge in [0.15, 0.2) is 5.88 Å². The first-order valence-corrected chi connectivity index (χ1v) is 15.2. The van der Waals surface area contributed by atoms with Crippen LogP contribution < -0.4 is 10.6 Å². The monoisotopic (exact) mass is 608 g/mol. The molecule has 2 aromatic rings. The maximum Gasteiger partial charge on any atom is 0.416 e. The number of allylic oxidation sites excluding steroid dienone is 2. The van der Waals surface area contributed by atoms with Gasteiger partial charge in [-0.25, -0.2) is 0 Å². The molecular formula is C33H39F3N6O2. The lowest BCUT2D eigenvalue weighted by Gasteiger charge is -2.40. The molecule has 2 saturated heterocycles. The van der Waals surface area contributed by atoms with Gasteiger partial charge in [0.2, 0.25) is 0 Å². The van der Waals surface area contributed by atoms with E-state index in [1.54, 1.807) is 7.11 Å². The molecule has 234 valence electrons. The zero-order valence-electron chi connectivity index (χ0n) is 24.9. The molecule has 4 aliphatic heterocycles. The highest BCUT2D eigenvalue weighted by Gasteiger charge is 2.30. The van der Waals surface area contributed by atoms with Gasteiger partial charge in [0.25, 0.3) is 5.91 Å². The predicted octanol–water partition coefficient (Wildman–Crippen LogP) is 4.06. The molecule has 2 N–H and O–H groups in total. The number of methoxy groups -OCH3 is 1. The number of dihydropyridines is 1. The molecule has 4 heterocycles. The van der Waals surface area contributed by atoms with E-state index < -0.39 is 11.7 Å². The number of carbonyl (C=O) groups excluding carboxylic acids is 1. The molecule has 11 heteroatoms. The average molecular weight is 609 g/mol. The lowest BCUT2D eigenvalue weighted by molar-refractivity contribution is -0.137. The fourth-order valence-corrected chi connectivity index (χ4v) is 6.18. The Morgan fingerprint density at radius 3 is 2.27 bits per heavy atom. The van der Waals surface area contributed by atoms with Crippen molar-refractivity contribution in [3.05, 3.63) is 94.4 Å². The van der Waals surface area contributed by atoms with E-state index in [1.807, 2.05) is 29.2 Å². The highest BCUT2D eigenvalue weighted by Crippen LogP contribution is 2.30. The van der Waals surface area contributed by atoms with Gasteiger partial charge in [-0.3, -0.25) is 19.5 Å². The SMILES string of the molecule is COC1=CC=C(CN2CCN(C3C=Cc4cc(C(=O)N5CCN(Cc6ccc(C(F)(F)F)cc6)CC5)ccc4N3)CC2)CN1. The smallest absolute Gasteiger partial charge is 0.416 e. The molecule has 0 saturated carbocycles. The Kier molecular flexibility index (Phi) is 8.97. The molecule has 8 nitrogen and oxygen atoms in total. The third-order valence-electron chi connectivity index (χ3n) is 8.81. The Balaban J connectivity index is 0.971. The lowest BCUT2D eigenvalue weighted by Crippen LogP contribution is -2.52. The van der Waals surface area contributed by atoms with Gasteiger partial charge in [-0.15, -0.1) is 0 Å². The van der Waals surface area contributed by atoms with E-state index in [-0.39, 0.29) is 12.1 Å². The number of benzene rings is 2. The molecule has 0 bridgehead atoms. The molecule has 0 spiro atoms. The number of nitrogens with one attached hydrogen (secondary N) is 2. The van der Waals surface area contributed by atoms with Crippen molar-refractivity contribution in [1.82, 2.24) is 24.9 Å². The molecule has 6 rings (SSSR count). The van der Waals surface area contributed by atoms with Gasteiger partial charge in [0.05, 0.1) is 18.8 Å². The summed E-state index contributed by atoms with van der Waals surface area (Å²) >= 11 is 0. The van der Waals surface area contributed by atoms with Crippen LogP contribution in [0.15, 0.2) is 72.1 Å². The number of fused-ring (bicyclic) bond motifs is 1. The number of piperazine rings is 2. The molecule has 1 amide bonds. The number of carbonyl (C=O) groups is 1. The van der Waals surface area contributed by atoms with Gasteiger partial charge >= 0.3 is 6.18 Å². The first-order chi connectivity index (χ1) is 21.2. The number of halogens is 3. The van der Waals surface area contributed by atoms with Crippen molar-refractivity contribution >= 4 is 17.7 Å². The van der Waals surface area contributed by atoms with Crippen LogP contribution in [0.25, 0.3) is 6.08 Å². The Hall–Kier alpha value is -3.80. The molecule has 2 fully saturated rings. The highest BCUT2D eigenvalue weighted by molar-refractivity contribution is 5.96. The average Bonchev–Trinajstić information content (AvgIpc) is 3.05. The fourth-order valence-electron chi connectivity index (χ4n) is 6.18. The second-order valence-corrected chi connectivity index (χ2v) is 11.7. The number of nitrogens with zero attached hydrogens (tertiary/aromatic N) is 4. The summed E-state index contributed by atoms with van der Waals surface area (Å²) in [5.41, 5.74) is 4.25. The van der Waals surface area contributed by atoms with Crippen LogP contribution in [-0.2, 0) is 17.5 Å². The summed E-state index contributed by atoms with van der Waals surface area (Å²) in [5.74, 6) is 0.812. The minimum atomic E-state index is -4.33. The minimum Gasteiger partial charge on any atom is -0.483 e. The van der Waals surface area contributed by atoms with E-state index in [1.165, 1.54) is 17.7 Å². The summed E-state index contributed by atoms with van der Waals surface area (Å²) in [6.07, 6.45) is 4.21. The number of anilines is 1. The standard InChI is InChI=1S/C33H39F3N6O2/c1-44-31-11-4-25(21-37-31)23-40-12-16-41(17-13-40)30-10-6-26-20-27(5-9-29(26)38-30)32(43)42-18-14-39(15-19-42)22-24-2-7-28(8-3-24)33(34,35)36/h2-11,20,30,37-38H,12-19,21-23H2,1H3. The van der Waals surface area contributed by atoms with Crippen molar-refractivity contribution in [2.75, 3.05) is 77.9 Å². The van der Waals surface area contributed by atoms with Gasteiger partial charge < -0.3 is 20.3 Å². The Morgan fingerprint density at radius 1 is 0.909 bits per heavy atom. The molecule has 0 aromatic heterocycles.